The largest absolute Gasteiger partial charge is 0.496 e. The van der Waals surface area contributed by atoms with E-state index in [9.17, 15) is 0 Å². The Morgan fingerprint density at radius 3 is 2.69 bits per heavy atom. The van der Waals surface area contributed by atoms with Crippen molar-refractivity contribution < 1.29 is 4.74 Å². The molecule has 7 heteroatoms. The number of nitrogens with zero attached hydrogens (tertiary/aromatic N) is 5. The van der Waals surface area contributed by atoms with Crippen molar-refractivity contribution >= 4 is 17.4 Å². The molecule has 26 heavy (non-hydrogen) atoms. The highest BCUT2D eigenvalue weighted by Gasteiger charge is 2.21. The minimum absolute atomic E-state index is 0.0172. The maximum atomic E-state index is 5.48. The lowest BCUT2D eigenvalue weighted by Gasteiger charge is -2.20. The van der Waals surface area contributed by atoms with E-state index < -0.39 is 0 Å². The molecule has 0 radical (unpaired) electrons. The van der Waals surface area contributed by atoms with Gasteiger partial charge in [0, 0.05) is 16.4 Å². The van der Waals surface area contributed by atoms with Gasteiger partial charge in [0.15, 0.2) is 5.82 Å². The fraction of sp³-hybridized carbons (Fsp3) is 0.368. The fourth-order valence-electron chi connectivity index (χ4n) is 2.63. The maximum Gasteiger partial charge on any atom is 0.172 e. The quantitative estimate of drug-likeness (QED) is 0.654. The molecular formula is C19H23N5OS. The summed E-state index contributed by atoms with van der Waals surface area (Å²) in [6.07, 6.45) is 5.12. The third-order valence-corrected chi connectivity index (χ3v) is 4.97. The zero-order valence-electron chi connectivity index (χ0n) is 15.7. The molecule has 136 valence electrons. The number of aryl methyl sites for hydroxylation is 2. The van der Waals surface area contributed by atoms with E-state index >= 15 is 0 Å². The molecular weight excluding hydrogens is 346 g/mol. The Labute approximate surface area is 157 Å². The summed E-state index contributed by atoms with van der Waals surface area (Å²) in [7, 11) is 1.67. The van der Waals surface area contributed by atoms with Crippen LogP contribution in [0.1, 0.15) is 42.4 Å². The third-order valence-electron chi connectivity index (χ3n) is 4.20. The molecule has 2 aromatic heterocycles. The average molecular weight is 369 g/mol. The predicted octanol–water partition coefficient (Wildman–Crippen LogP) is 4.13. The van der Waals surface area contributed by atoms with Crippen LogP contribution in [0.15, 0.2) is 29.7 Å². The number of aromatic nitrogens is 5. The van der Waals surface area contributed by atoms with Crippen molar-refractivity contribution in [2.75, 3.05) is 7.11 Å². The maximum absolute atomic E-state index is 5.48. The predicted molar refractivity (Wildman–Crippen MR) is 104 cm³/mol. The van der Waals surface area contributed by atoms with Crippen LogP contribution in [-0.2, 0) is 5.41 Å². The first-order valence-electron chi connectivity index (χ1n) is 8.43. The molecule has 0 aliphatic rings. The molecule has 1 aromatic carbocycles. The van der Waals surface area contributed by atoms with Crippen LogP contribution in [0.3, 0.4) is 0 Å². The number of hydrogen-bond acceptors (Lipinski definition) is 6. The Balaban J connectivity index is 1.82. The average Bonchev–Trinajstić information content (AvgIpc) is 3.23. The smallest absolute Gasteiger partial charge is 0.172 e. The monoisotopic (exact) mass is 369 g/mol. The van der Waals surface area contributed by atoms with E-state index in [0.717, 1.165) is 34.1 Å². The summed E-state index contributed by atoms with van der Waals surface area (Å²) in [6.45, 7) is 8.27. The van der Waals surface area contributed by atoms with Crippen molar-refractivity contribution in [3.8, 4) is 11.4 Å². The van der Waals surface area contributed by atoms with Gasteiger partial charge in [-0.2, -0.15) is 0 Å². The zero-order valence-corrected chi connectivity index (χ0v) is 16.5. The molecule has 6 nitrogen and oxygen atoms in total. The molecule has 2 heterocycles. The highest BCUT2D eigenvalue weighted by atomic mass is 32.1. The van der Waals surface area contributed by atoms with Crippen molar-refractivity contribution in [3.63, 3.8) is 0 Å². The molecule has 3 aromatic rings. The van der Waals surface area contributed by atoms with Crippen LogP contribution in [0.4, 0.5) is 0 Å². The summed E-state index contributed by atoms with van der Waals surface area (Å²) in [4.78, 5) is 6.15. The molecule has 0 aliphatic heterocycles. The molecule has 0 spiro atoms. The van der Waals surface area contributed by atoms with Crippen molar-refractivity contribution in [3.05, 3.63) is 51.7 Å². The highest BCUT2D eigenvalue weighted by Crippen LogP contribution is 2.30. The van der Waals surface area contributed by atoms with Gasteiger partial charge in [-0.25, -0.2) is 4.98 Å². The van der Waals surface area contributed by atoms with E-state index in [1.165, 1.54) is 4.80 Å². The number of tetrazole rings is 1. The summed E-state index contributed by atoms with van der Waals surface area (Å²) < 4.78 is 5.48. The van der Waals surface area contributed by atoms with Crippen LogP contribution in [0, 0.1) is 13.8 Å². The first-order valence-corrected chi connectivity index (χ1v) is 9.31. The van der Waals surface area contributed by atoms with E-state index in [4.69, 9.17) is 4.74 Å². The molecule has 0 saturated carbocycles. The van der Waals surface area contributed by atoms with E-state index in [0.29, 0.717) is 5.82 Å². The molecule has 0 N–H and O–H groups in total. The second-order valence-corrected chi connectivity index (χ2v) is 7.86. The first kappa shape index (κ1) is 18.3. The first-order chi connectivity index (χ1) is 12.4. The number of ether oxygens (including phenoxy) is 1. The third kappa shape index (κ3) is 3.99. The van der Waals surface area contributed by atoms with E-state index in [1.54, 1.807) is 18.4 Å². The van der Waals surface area contributed by atoms with Gasteiger partial charge in [-0.15, -0.1) is 26.3 Å². The Bertz CT molecular complexity index is 926. The Morgan fingerprint density at radius 2 is 2.08 bits per heavy atom. The summed E-state index contributed by atoms with van der Waals surface area (Å²) in [5.74, 6) is 1.45. The lowest BCUT2D eigenvalue weighted by molar-refractivity contribution is 0.413. The number of hydrogen-bond donors (Lipinski definition) is 0. The van der Waals surface area contributed by atoms with Crippen molar-refractivity contribution in [1.82, 2.24) is 25.2 Å². The lowest BCUT2D eigenvalue weighted by atomic mass is 9.86. The van der Waals surface area contributed by atoms with Gasteiger partial charge >= 0.3 is 0 Å². The van der Waals surface area contributed by atoms with Crippen molar-refractivity contribution in [2.24, 2.45) is 0 Å². The molecule has 0 saturated heterocycles. The topological polar surface area (TPSA) is 65.7 Å². The van der Waals surface area contributed by atoms with E-state index in [2.05, 4.69) is 51.8 Å². The van der Waals surface area contributed by atoms with Gasteiger partial charge in [0.1, 0.15) is 5.75 Å². The molecule has 0 amide bonds. The van der Waals surface area contributed by atoms with E-state index in [1.807, 2.05) is 32.0 Å². The molecule has 0 aliphatic carbocycles. The molecule has 3 rings (SSSR count). The van der Waals surface area contributed by atoms with Gasteiger partial charge in [-0.1, -0.05) is 26.0 Å². The number of benzene rings is 1. The molecule has 0 atom stereocenters. The number of rotatable bonds is 6. The SMILES string of the molecule is COc1ccc(-n2nnc(C)n2)cc1/C=C/CC(C)(C)c1csc(C)n1. The van der Waals surface area contributed by atoms with Crippen LogP contribution < -0.4 is 4.74 Å². The van der Waals surface area contributed by atoms with Crippen LogP contribution in [0.5, 0.6) is 5.75 Å². The number of thiazole rings is 1. The van der Waals surface area contributed by atoms with Gasteiger partial charge in [0.2, 0.25) is 0 Å². The minimum Gasteiger partial charge on any atom is -0.496 e. The summed E-state index contributed by atoms with van der Waals surface area (Å²) in [5.41, 5.74) is 2.94. The number of allylic oxidation sites excluding steroid dienone is 1. The molecule has 0 unspecified atom stereocenters. The Kier molecular flexibility index (Phi) is 5.18. The molecule has 0 fully saturated rings. The second kappa shape index (κ2) is 7.37. The fourth-order valence-corrected chi connectivity index (χ4v) is 3.43. The van der Waals surface area contributed by atoms with Gasteiger partial charge in [0.05, 0.1) is 23.5 Å². The Morgan fingerprint density at radius 1 is 1.27 bits per heavy atom. The minimum atomic E-state index is -0.0172. The van der Waals surface area contributed by atoms with Crippen LogP contribution in [0.2, 0.25) is 0 Å². The van der Waals surface area contributed by atoms with Crippen molar-refractivity contribution in [2.45, 2.75) is 39.5 Å². The van der Waals surface area contributed by atoms with Gasteiger partial charge in [-0.3, -0.25) is 0 Å². The summed E-state index contributed by atoms with van der Waals surface area (Å²) in [5, 5.41) is 15.5. The van der Waals surface area contributed by atoms with Crippen LogP contribution in [-0.4, -0.2) is 32.3 Å². The van der Waals surface area contributed by atoms with Crippen LogP contribution >= 0.6 is 11.3 Å². The van der Waals surface area contributed by atoms with Gasteiger partial charge in [-0.05, 0) is 43.7 Å². The summed E-state index contributed by atoms with van der Waals surface area (Å²) >= 11 is 1.69. The Hall–Kier alpha value is -2.54. The lowest BCUT2D eigenvalue weighted by Crippen LogP contribution is -2.16. The highest BCUT2D eigenvalue weighted by molar-refractivity contribution is 7.09. The van der Waals surface area contributed by atoms with E-state index in [-0.39, 0.29) is 5.41 Å². The zero-order chi connectivity index (χ0) is 18.7. The van der Waals surface area contributed by atoms with Gasteiger partial charge < -0.3 is 4.74 Å². The van der Waals surface area contributed by atoms with Crippen molar-refractivity contribution in [1.29, 1.82) is 0 Å². The molecule has 0 bridgehead atoms. The van der Waals surface area contributed by atoms with Crippen LogP contribution in [0.25, 0.3) is 11.8 Å². The second-order valence-electron chi connectivity index (χ2n) is 6.79. The normalized spacial score (nSPS) is 12.0. The summed E-state index contributed by atoms with van der Waals surface area (Å²) in [6, 6.07) is 5.83. The number of methoxy groups -OCH3 is 1. The standard InChI is InChI=1S/C19H23N5OS/c1-13-21-23-24(22-13)16-8-9-17(25-5)15(11-16)7-6-10-19(3,4)18-12-26-14(2)20-18/h6-9,11-12H,10H2,1-5H3/b7-6+. The van der Waals surface area contributed by atoms with Gasteiger partial charge in [0.25, 0.3) is 0 Å².